The summed E-state index contributed by atoms with van der Waals surface area (Å²) >= 11 is 0. The smallest absolute Gasteiger partial charge is 0.159 e. The van der Waals surface area contributed by atoms with Gasteiger partial charge in [0.05, 0.1) is 6.61 Å². The first-order chi connectivity index (χ1) is 11.5. The number of anilines is 1. The van der Waals surface area contributed by atoms with Crippen molar-refractivity contribution in [3.8, 4) is 0 Å². The van der Waals surface area contributed by atoms with Crippen LogP contribution in [0, 0.1) is 17.3 Å². The van der Waals surface area contributed by atoms with Crippen LogP contribution in [0.5, 0.6) is 0 Å². The maximum absolute atomic E-state index is 12.1. The van der Waals surface area contributed by atoms with Gasteiger partial charge in [-0.15, -0.1) is 0 Å². The molecule has 1 N–H and O–H groups in total. The minimum absolute atomic E-state index is 0.112. The summed E-state index contributed by atoms with van der Waals surface area (Å²) in [5.74, 6) is 1.03. The Morgan fingerprint density at radius 1 is 1.21 bits per heavy atom. The highest BCUT2D eigenvalue weighted by Crippen LogP contribution is 2.58. The molecule has 4 rings (SSSR count). The van der Waals surface area contributed by atoms with Crippen LogP contribution in [-0.2, 0) is 4.79 Å². The predicted molar refractivity (Wildman–Crippen MR) is 98.9 cm³/mol. The number of rotatable bonds is 6. The summed E-state index contributed by atoms with van der Waals surface area (Å²) in [4.78, 5) is 14.3. The number of allylic oxidation sites excluding steroid dienone is 3. The van der Waals surface area contributed by atoms with Crippen molar-refractivity contribution in [3.63, 3.8) is 0 Å². The van der Waals surface area contributed by atoms with Gasteiger partial charge in [-0.05, 0) is 54.0 Å². The summed E-state index contributed by atoms with van der Waals surface area (Å²) in [5, 5.41) is 9.12. The van der Waals surface area contributed by atoms with Gasteiger partial charge >= 0.3 is 0 Å². The lowest BCUT2D eigenvalue weighted by Gasteiger charge is -2.54. The van der Waals surface area contributed by atoms with Crippen LogP contribution in [0.15, 0.2) is 42.0 Å². The molecular formula is C21H27NO2. The Bertz CT molecular complexity index is 670. The molecule has 128 valence electrons. The highest BCUT2D eigenvalue weighted by molar-refractivity contribution is 5.96. The minimum Gasteiger partial charge on any atom is -0.395 e. The third-order valence-corrected chi connectivity index (χ3v) is 5.80. The van der Waals surface area contributed by atoms with E-state index in [2.05, 4.69) is 62.1 Å². The van der Waals surface area contributed by atoms with Gasteiger partial charge in [0.25, 0.3) is 0 Å². The second-order valence-corrected chi connectivity index (χ2v) is 7.44. The Hall–Kier alpha value is -1.87. The SMILES string of the molecule is CCN(CCO)c1ccc(/C=C/C2=CC(=O)[C@H]3C[C@@H]2C3(C)C)cc1. The van der Waals surface area contributed by atoms with E-state index in [0.717, 1.165) is 24.2 Å². The Morgan fingerprint density at radius 2 is 1.92 bits per heavy atom. The first kappa shape index (κ1) is 17.0. The van der Waals surface area contributed by atoms with E-state index in [1.807, 2.05) is 6.08 Å². The Morgan fingerprint density at radius 3 is 2.46 bits per heavy atom. The van der Waals surface area contributed by atoms with E-state index in [4.69, 9.17) is 5.11 Å². The quantitative estimate of drug-likeness (QED) is 0.867. The van der Waals surface area contributed by atoms with Crippen molar-refractivity contribution < 1.29 is 9.90 Å². The van der Waals surface area contributed by atoms with Gasteiger partial charge in [-0.2, -0.15) is 0 Å². The van der Waals surface area contributed by atoms with Crippen LogP contribution in [0.4, 0.5) is 5.69 Å². The molecule has 3 heteroatoms. The molecule has 0 saturated heterocycles. The van der Waals surface area contributed by atoms with Crippen LogP contribution in [0.25, 0.3) is 6.08 Å². The fraction of sp³-hybridized carbons (Fsp3) is 0.476. The van der Waals surface area contributed by atoms with E-state index in [1.54, 1.807) is 0 Å². The highest BCUT2D eigenvalue weighted by Gasteiger charge is 2.54. The van der Waals surface area contributed by atoms with Crippen LogP contribution >= 0.6 is 0 Å². The number of aliphatic hydroxyl groups excluding tert-OH is 1. The molecule has 1 aromatic carbocycles. The third kappa shape index (κ3) is 2.93. The minimum atomic E-state index is 0.112. The van der Waals surface area contributed by atoms with E-state index in [9.17, 15) is 4.79 Å². The van der Waals surface area contributed by atoms with Gasteiger partial charge in [0, 0.05) is 24.7 Å². The summed E-state index contributed by atoms with van der Waals surface area (Å²) < 4.78 is 0. The van der Waals surface area contributed by atoms with Crippen molar-refractivity contribution in [3.05, 3.63) is 47.6 Å². The number of carbonyl (C=O) groups is 1. The second-order valence-electron chi connectivity index (χ2n) is 7.44. The van der Waals surface area contributed by atoms with E-state index in [-0.39, 0.29) is 17.9 Å². The Kier molecular flexibility index (Phi) is 4.64. The predicted octanol–water partition coefficient (Wildman–Crippen LogP) is 3.69. The Labute approximate surface area is 144 Å². The van der Waals surface area contributed by atoms with Crippen LogP contribution in [-0.4, -0.2) is 30.6 Å². The standard InChI is InChI=1S/C21H27NO2/c1-4-22(11-12-23)17-9-6-15(7-10-17)5-8-16-13-20(24)19-14-18(16)21(19,2)3/h5-10,13,18-19,23H,4,11-12,14H2,1-3H3/b8-5+/t18-,19+/m0/s1. The number of likely N-dealkylation sites (N-methyl/N-ethyl adjacent to an activating group) is 1. The molecule has 3 aliphatic rings. The average molecular weight is 325 g/mol. The summed E-state index contributed by atoms with van der Waals surface area (Å²) in [6.45, 7) is 8.19. The molecule has 3 nitrogen and oxygen atoms in total. The zero-order chi connectivity index (χ0) is 17.3. The van der Waals surface area contributed by atoms with Crippen molar-refractivity contribution in [1.29, 1.82) is 0 Å². The van der Waals surface area contributed by atoms with Gasteiger partial charge in [0.2, 0.25) is 0 Å². The van der Waals surface area contributed by atoms with E-state index >= 15 is 0 Å². The second kappa shape index (κ2) is 6.56. The largest absolute Gasteiger partial charge is 0.395 e. The number of hydrogen-bond donors (Lipinski definition) is 1. The molecule has 3 aliphatic carbocycles. The zero-order valence-corrected chi connectivity index (χ0v) is 14.8. The molecule has 1 saturated carbocycles. The molecule has 0 spiro atoms. The maximum Gasteiger partial charge on any atom is 0.159 e. The Balaban J connectivity index is 1.72. The number of ketones is 1. The van der Waals surface area contributed by atoms with Crippen molar-refractivity contribution >= 4 is 17.5 Å². The molecule has 1 fully saturated rings. The van der Waals surface area contributed by atoms with Gasteiger partial charge in [-0.25, -0.2) is 0 Å². The first-order valence-electron chi connectivity index (χ1n) is 8.86. The van der Waals surface area contributed by atoms with E-state index in [0.29, 0.717) is 18.2 Å². The van der Waals surface area contributed by atoms with Gasteiger partial charge in [0.1, 0.15) is 0 Å². The molecule has 2 bridgehead atoms. The molecule has 0 radical (unpaired) electrons. The number of benzene rings is 1. The lowest BCUT2D eigenvalue weighted by Crippen LogP contribution is -2.52. The molecule has 2 atom stereocenters. The molecule has 0 amide bonds. The van der Waals surface area contributed by atoms with E-state index in [1.165, 1.54) is 5.57 Å². The first-order valence-corrected chi connectivity index (χ1v) is 8.86. The van der Waals surface area contributed by atoms with Crippen LogP contribution in [0.1, 0.15) is 32.8 Å². The molecule has 0 aliphatic heterocycles. The zero-order valence-electron chi connectivity index (χ0n) is 14.8. The molecular weight excluding hydrogens is 298 g/mol. The van der Waals surface area contributed by atoms with Crippen molar-refractivity contribution in [2.45, 2.75) is 27.2 Å². The van der Waals surface area contributed by atoms with Gasteiger partial charge in [0.15, 0.2) is 5.78 Å². The summed E-state index contributed by atoms with van der Waals surface area (Å²) in [6.07, 6.45) is 7.06. The lowest BCUT2D eigenvalue weighted by molar-refractivity contribution is -0.133. The summed E-state index contributed by atoms with van der Waals surface area (Å²) in [6, 6.07) is 8.35. The van der Waals surface area contributed by atoms with Gasteiger partial charge in [-0.1, -0.05) is 38.1 Å². The fourth-order valence-electron chi connectivity index (χ4n) is 4.08. The highest BCUT2D eigenvalue weighted by atomic mass is 16.3. The summed E-state index contributed by atoms with van der Waals surface area (Å²) in [5.41, 5.74) is 3.54. The van der Waals surface area contributed by atoms with Crippen molar-refractivity contribution in [2.75, 3.05) is 24.6 Å². The normalized spacial score (nSPS) is 24.7. The fourth-order valence-corrected chi connectivity index (χ4v) is 4.08. The number of nitrogens with zero attached hydrogens (tertiary/aromatic N) is 1. The topological polar surface area (TPSA) is 40.5 Å². The van der Waals surface area contributed by atoms with E-state index < -0.39 is 0 Å². The van der Waals surface area contributed by atoms with Crippen molar-refractivity contribution in [2.24, 2.45) is 17.3 Å². The number of hydrogen-bond acceptors (Lipinski definition) is 3. The van der Waals surface area contributed by atoms with Crippen molar-refractivity contribution in [1.82, 2.24) is 0 Å². The summed E-state index contributed by atoms with van der Waals surface area (Å²) in [7, 11) is 0. The maximum atomic E-state index is 12.1. The average Bonchev–Trinajstić information content (AvgIpc) is 2.57. The lowest BCUT2D eigenvalue weighted by atomic mass is 9.48. The molecule has 0 aromatic heterocycles. The number of carbonyl (C=O) groups excluding carboxylic acids is 1. The van der Waals surface area contributed by atoms with Crippen LogP contribution < -0.4 is 4.90 Å². The van der Waals surface area contributed by atoms with Gasteiger partial charge < -0.3 is 10.0 Å². The third-order valence-electron chi connectivity index (χ3n) is 5.80. The monoisotopic (exact) mass is 325 g/mol. The number of fused-ring (bicyclic) bond motifs is 1. The van der Waals surface area contributed by atoms with Crippen LogP contribution in [0.3, 0.4) is 0 Å². The molecule has 24 heavy (non-hydrogen) atoms. The molecule has 1 aromatic rings. The molecule has 0 unspecified atom stereocenters. The van der Waals surface area contributed by atoms with Gasteiger partial charge in [-0.3, -0.25) is 4.79 Å². The number of aliphatic hydroxyl groups is 1. The molecule has 0 heterocycles. The van der Waals surface area contributed by atoms with Crippen LogP contribution in [0.2, 0.25) is 0 Å².